The zero-order chi connectivity index (χ0) is 11.3. The third-order valence-corrected chi connectivity index (χ3v) is 3.49. The summed E-state index contributed by atoms with van der Waals surface area (Å²) < 4.78 is 27.7. The summed E-state index contributed by atoms with van der Waals surface area (Å²) in [6.07, 6.45) is 2.11. The van der Waals surface area contributed by atoms with E-state index in [2.05, 4.69) is 15.9 Å². The van der Waals surface area contributed by atoms with Gasteiger partial charge in [0.15, 0.2) is 9.84 Å². The second-order valence-electron chi connectivity index (χ2n) is 3.13. The van der Waals surface area contributed by atoms with Crippen molar-refractivity contribution in [1.29, 1.82) is 0 Å². The van der Waals surface area contributed by atoms with E-state index < -0.39 is 9.84 Å². The molecule has 1 aromatic carbocycles. The van der Waals surface area contributed by atoms with Gasteiger partial charge in [-0.25, -0.2) is 8.42 Å². The van der Waals surface area contributed by atoms with Crippen molar-refractivity contribution in [1.82, 2.24) is 0 Å². The number of benzene rings is 1. The second kappa shape index (κ2) is 5.51. The van der Waals surface area contributed by atoms with Gasteiger partial charge < -0.3 is 4.74 Å². The van der Waals surface area contributed by atoms with Crippen molar-refractivity contribution >= 4 is 25.8 Å². The number of hydrogen-bond acceptors (Lipinski definition) is 3. The monoisotopic (exact) mass is 292 g/mol. The van der Waals surface area contributed by atoms with Crippen LogP contribution in [0.1, 0.15) is 6.42 Å². The summed E-state index contributed by atoms with van der Waals surface area (Å²) in [4.78, 5) is 0.315. The van der Waals surface area contributed by atoms with Crippen LogP contribution in [0.15, 0.2) is 29.2 Å². The summed E-state index contributed by atoms with van der Waals surface area (Å²) in [7, 11) is -3.11. The molecule has 0 aliphatic carbocycles. The SMILES string of the molecule is CS(=O)(=O)c1ccc(OCCCBr)cc1. The summed E-state index contributed by atoms with van der Waals surface area (Å²) in [6, 6.07) is 6.45. The normalized spacial score (nSPS) is 11.3. The van der Waals surface area contributed by atoms with Crippen molar-refractivity contribution in [3.05, 3.63) is 24.3 Å². The minimum atomic E-state index is -3.11. The Bertz CT molecular complexity index is 397. The number of ether oxygens (including phenoxy) is 1. The van der Waals surface area contributed by atoms with E-state index in [-0.39, 0.29) is 0 Å². The number of rotatable bonds is 5. The van der Waals surface area contributed by atoms with Gasteiger partial charge in [-0.1, -0.05) is 15.9 Å². The number of halogens is 1. The van der Waals surface area contributed by atoms with Gasteiger partial charge >= 0.3 is 0 Å². The minimum absolute atomic E-state index is 0.315. The second-order valence-corrected chi connectivity index (χ2v) is 5.94. The highest BCUT2D eigenvalue weighted by Crippen LogP contribution is 2.15. The van der Waals surface area contributed by atoms with Gasteiger partial charge in [-0.3, -0.25) is 0 Å². The van der Waals surface area contributed by atoms with E-state index in [1.165, 1.54) is 6.26 Å². The molecule has 0 radical (unpaired) electrons. The van der Waals surface area contributed by atoms with Crippen molar-refractivity contribution in [3.63, 3.8) is 0 Å². The molecule has 0 bridgehead atoms. The summed E-state index contributed by atoms with van der Waals surface area (Å²) in [6.45, 7) is 0.628. The lowest BCUT2D eigenvalue weighted by atomic mass is 10.3. The fourth-order valence-electron chi connectivity index (χ4n) is 1.03. The lowest BCUT2D eigenvalue weighted by Gasteiger charge is -2.05. The quantitative estimate of drug-likeness (QED) is 0.618. The van der Waals surface area contributed by atoms with E-state index in [9.17, 15) is 8.42 Å². The number of sulfone groups is 1. The molecule has 0 aliphatic heterocycles. The molecule has 0 aliphatic rings. The Labute approximate surface area is 98.5 Å². The molecule has 0 atom stereocenters. The average Bonchev–Trinajstić information content (AvgIpc) is 2.18. The molecule has 84 valence electrons. The Morgan fingerprint density at radius 1 is 1.27 bits per heavy atom. The molecule has 0 aromatic heterocycles. The average molecular weight is 293 g/mol. The summed E-state index contributed by atoms with van der Waals surface area (Å²) in [5, 5.41) is 0.897. The van der Waals surface area contributed by atoms with E-state index in [4.69, 9.17) is 4.74 Å². The summed E-state index contributed by atoms with van der Waals surface area (Å²) >= 11 is 3.30. The lowest BCUT2D eigenvalue weighted by molar-refractivity contribution is 0.319. The van der Waals surface area contributed by atoms with Crippen LogP contribution >= 0.6 is 15.9 Å². The predicted molar refractivity (Wildman–Crippen MR) is 63.5 cm³/mol. The van der Waals surface area contributed by atoms with Crippen molar-refractivity contribution in [3.8, 4) is 5.75 Å². The first-order chi connectivity index (χ1) is 7.04. The highest BCUT2D eigenvalue weighted by molar-refractivity contribution is 9.09. The molecule has 5 heteroatoms. The molecule has 0 heterocycles. The van der Waals surface area contributed by atoms with Crippen LogP contribution in [0.5, 0.6) is 5.75 Å². The maximum atomic E-state index is 11.2. The molecule has 15 heavy (non-hydrogen) atoms. The highest BCUT2D eigenvalue weighted by Gasteiger charge is 2.05. The molecule has 0 saturated carbocycles. The molecule has 0 spiro atoms. The molecule has 0 N–H and O–H groups in total. The first-order valence-corrected chi connectivity index (χ1v) is 7.54. The topological polar surface area (TPSA) is 43.4 Å². The Morgan fingerprint density at radius 3 is 2.33 bits per heavy atom. The Kier molecular flexibility index (Phi) is 4.60. The van der Waals surface area contributed by atoms with E-state index in [0.717, 1.165) is 11.8 Å². The van der Waals surface area contributed by atoms with Gasteiger partial charge in [0.2, 0.25) is 0 Å². The molecule has 0 unspecified atom stereocenters. The maximum absolute atomic E-state index is 11.2. The molecule has 1 aromatic rings. The predicted octanol–water partition coefficient (Wildman–Crippen LogP) is 2.25. The summed E-state index contributed by atoms with van der Waals surface area (Å²) in [5.41, 5.74) is 0. The number of hydrogen-bond donors (Lipinski definition) is 0. The first kappa shape index (κ1) is 12.5. The van der Waals surface area contributed by atoms with Crippen LogP contribution in [-0.4, -0.2) is 26.6 Å². The fraction of sp³-hybridized carbons (Fsp3) is 0.400. The zero-order valence-corrected chi connectivity index (χ0v) is 10.8. The minimum Gasteiger partial charge on any atom is -0.494 e. The molecular weight excluding hydrogens is 280 g/mol. The third kappa shape index (κ3) is 4.22. The molecule has 0 amide bonds. The van der Waals surface area contributed by atoms with Crippen molar-refractivity contribution in [2.75, 3.05) is 18.2 Å². The van der Waals surface area contributed by atoms with E-state index >= 15 is 0 Å². The van der Waals surface area contributed by atoms with Gasteiger partial charge in [0.1, 0.15) is 5.75 Å². The van der Waals surface area contributed by atoms with E-state index in [1.54, 1.807) is 24.3 Å². The van der Waals surface area contributed by atoms with Crippen molar-refractivity contribution < 1.29 is 13.2 Å². The number of alkyl halides is 1. The third-order valence-electron chi connectivity index (χ3n) is 1.80. The lowest BCUT2D eigenvalue weighted by Crippen LogP contribution is -1.99. The fourth-order valence-corrected chi connectivity index (χ4v) is 1.89. The van der Waals surface area contributed by atoms with Crippen LogP contribution < -0.4 is 4.74 Å². The van der Waals surface area contributed by atoms with Crippen LogP contribution in [0.3, 0.4) is 0 Å². The van der Waals surface area contributed by atoms with E-state index in [1.807, 2.05) is 0 Å². The van der Waals surface area contributed by atoms with Gasteiger partial charge in [-0.2, -0.15) is 0 Å². The van der Waals surface area contributed by atoms with E-state index in [0.29, 0.717) is 17.3 Å². The molecule has 0 saturated heterocycles. The van der Waals surface area contributed by atoms with Gasteiger partial charge in [0.05, 0.1) is 11.5 Å². The highest BCUT2D eigenvalue weighted by atomic mass is 79.9. The van der Waals surface area contributed by atoms with Crippen molar-refractivity contribution in [2.24, 2.45) is 0 Å². The smallest absolute Gasteiger partial charge is 0.175 e. The summed E-state index contributed by atoms with van der Waals surface area (Å²) in [5.74, 6) is 0.698. The van der Waals surface area contributed by atoms with Gasteiger partial charge in [-0.15, -0.1) is 0 Å². The van der Waals surface area contributed by atoms with Crippen LogP contribution in [0.2, 0.25) is 0 Å². The van der Waals surface area contributed by atoms with Crippen LogP contribution in [0, 0.1) is 0 Å². The van der Waals surface area contributed by atoms with Crippen LogP contribution in [0.4, 0.5) is 0 Å². The van der Waals surface area contributed by atoms with Gasteiger partial charge in [-0.05, 0) is 30.7 Å². The molecule has 3 nitrogen and oxygen atoms in total. The maximum Gasteiger partial charge on any atom is 0.175 e. The first-order valence-electron chi connectivity index (χ1n) is 4.53. The van der Waals surface area contributed by atoms with Gasteiger partial charge in [0.25, 0.3) is 0 Å². The van der Waals surface area contributed by atoms with Crippen LogP contribution in [0.25, 0.3) is 0 Å². The standard InChI is InChI=1S/C10H13BrO3S/c1-15(12,13)10-5-3-9(4-6-10)14-8-2-7-11/h3-6H,2,7-8H2,1H3. The zero-order valence-electron chi connectivity index (χ0n) is 8.44. The molecule has 1 rings (SSSR count). The van der Waals surface area contributed by atoms with Gasteiger partial charge in [0, 0.05) is 11.6 Å². The largest absolute Gasteiger partial charge is 0.494 e. The van der Waals surface area contributed by atoms with Crippen LogP contribution in [-0.2, 0) is 9.84 Å². The Balaban J connectivity index is 2.65. The molecule has 0 fully saturated rings. The van der Waals surface area contributed by atoms with Crippen molar-refractivity contribution in [2.45, 2.75) is 11.3 Å². The molecular formula is C10H13BrO3S. The Hall–Kier alpha value is -0.550. The Morgan fingerprint density at radius 2 is 1.87 bits per heavy atom.